The number of nitrogens with zero attached hydrogens (tertiary/aromatic N) is 1. The monoisotopic (exact) mass is 218 g/mol. The van der Waals surface area contributed by atoms with E-state index >= 15 is 0 Å². The van der Waals surface area contributed by atoms with Gasteiger partial charge in [-0.15, -0.1) is 0 Å². The van der Waals surface area contributed by atoms with Crippen molar-refractivity contribution in [2.75, 3.05) is 27.2 Å². The molecule has 2 rings (SSSR count). The largest absolute Gasteiger partial charge is 0.309 e. The molecule has 1 saturated heterocycles. The molecular formula is C14H22N2. The first-order valence-electron chi connectivity index (χ1n) is 6.02. The van der Waals surface area contributed by atoms with Crippen LogP contribution in [0.1, 0.15) is 23.1 Å². The van der Waals surface area contributed by atoms with E-state index < -0.39 is 0 Å². The number of rotatable bonds is 2. The lowest BCUT2D eigenvalue weighted by Crippen LogP contribution is -2.42. The van der Waals surface area contributed by atoms with Crippen LogP contribution >= 0.6 is 0 Å². The summed E-state index contributed by atoms with van der Waals surface area (Å²) in [5.41, 5.74) is 4.38. The van der Waals surface area contributed by atoms with Crippen LogP contribution in [0.5, 0.6) is 0 Å². The number of hydrogen-bond donors (Lipinski definition) is 1. The molecule has 1 fully saturated rings. The fourth-order valence-corrected chi connectivity index (χ4v) is 2.91. The van der Waals surface area contributed by atoms with Crippen molar-refractivity contribution >= 4 is 0 Å². The SMILES string of the molecule is CNC1(c2ccc(C)cc2C)CCN(C)C1. The van der Waals surface area contributed by atoms with Gasteiger partial charge in [-0.3, -0.25) is 0 Å². The summed E-state index contributed by atoms with van der Waals surface area (Å²) >= 11 is 0. The maximum absolute atomic E-state index is 3.54. The van der Waals surface area contributed by atoms with E-state index in [9.17, 15) is 0 Å². The van der Waals surface area contributed by atoms with E-state index in [1.807, 2.05) is 0 Å². The average Bonchev–Trinajstić information content (AvgIpc) is 2.61. The first kappa shape index (κ1) is 11.6. The molecule has 1 aliphatic rings. The van der Waals surface area contributed by atoms with Crippen molar-refractivity contribution in [3.63, 3.8) is 0 Å². The first-order chi connectivity index (χ1) is 7.57. The molecule has 1 atom stereocenters. The fourth-order valence-electron chi connectivity index (χ4n) is 2.91. The predicted octanol–water partition coefficient (Wildman–Crippen LogP) is 2.05. The molecule has 0 spiro atoms. The zero-order valence-electron chi connectivity index (χ0n) is 10.8. The highest BCUT2D eigenvalue weighted by Crippen LogP contribution is 2.33. The summed E-state index contributed by atoms with van der Waals surface area (Å²) < 4.78 is 0. The summed E-state index contributed by atoms with van der Waals surface area (Å²) in [6.45, 7) is 6.66. The lowest BCUT2D eigenvalue weighted by atomic mass is 9.85. The van der Waals surface area contributed by atoms with Crippen LogP contribution in [0.3, 0.4) is 0 Å². The first-order valence-corrected chi connectivity index (χ1v) is 6.02. The van der Waals surface area contributed by atoms with Crippen LogP contribution in [-0.2, 0) is 5.54 Å². The summed E-state index contributed by atoms with van der Waals surface area (Å²) in [6.07, 6.45) is 1.20. The van der Waals surface area contributed by atoms with E-state index in [2.05, 4.69) is 56.4 Å². The van der Waals surface area contributed by atoms with Gasteiger partial charge in [0.2, 0.25) is 0 Å². The van der Waals surface area contributed by atoms with Gasteiger partial charge in [0.25, 0.3) is 0 Å². The molecule has 0 bridgehead atoms. The lowest BCUT2D eigenvalue weighted by molar-refractivity contribution is 0.333. The highest BCUT2D eigenvalue weighted by molar-refractivity contribution is 5.37. The molecule has 0 amide bonds. The molecule has 0 radical (unpaired) electrons. The standard InChI is InChI=1S/C14H22N2/c1-11-5-6-13(12(2)9-11)14(15-3)7-8-16(4)10-14/h5-6,9,15H,7-8,10H2,1-4H3. The average molecular weight is 218 g/mol. The van der Waals surface area contributed by atoms with Crippen LogP contribution < -0.4 is 5.32 Å². The van der Waals surface area contributed by atoms with Gasteiger partial charge in [-0.05, 0) is 45.5 Å². The van der Waals surface area contributed by atoms with E-state index in [1.165, 1.54) is 29.7 Å². The Morgan fingerprint density at radius 3 is 2.56 bits per heavy atom. The van der Waals surface area contributed by atoms with Gasteiger partial charge in [-0.1, -0.05) is 23.8 Å². The normalized spacial score (nSPS) is 26.2. The Hall–Kier alpha value is -0.860. The maximum Gasteiger partial charge on any atom is 0.0575 e. The smallest absolute Gasteiger partial charge is 0.0575 e. The third-order valence-electron chi connectivity index (χ3n) is 3.84. The van der Waals surface area contributed by atoms with E-state index in [0.29, 0.717) is 0 Å². The van der Waals surface area contributed by atoms with Crippen LogP contribution in [0.4, 0.5) is 0 Å². The summed E-state index contributed by atoms with van der Waals surface area (Å²) in [7, 11) is 4.28. The maximum atomic E-state index is 3.54. The zero-order valence-corrected chi connectivity index (χ0v) is 10.8. The number of benzene rings is 1. The van der Waals surface area contributed by atoms with Crippen molar-refractivity contribution in [1.82, 2.24) is 10.2 Å². The Bertz CT molecular complexity index is 386. The van der Waals surface area contributed by atoms with Gasteiger partial charge < -0.3 is 10.2 Å². The molecule has 1 aromatic carbocycles. The Labute approximate surface area is 98.7 Å². The van der Waals surface area contributed by atoms with Crippen LogP contribution in [0.2, 0.25) is 0 Å². The predicted molar refractivity (Wildman–Crippen MR) is 68.8 cm³/mol. The molecule has 2 nitrogen and oxygen atoms in total. The van der Waals surface area contributed by atoms with Crippen molar-refractivity contribution in [3.05, 3.63) is 34.9 Å². The second-order valence-corrected chi connectivity index (χ2v) is 5.14. The fraction of sp³-hybridized carbons (Fsp3) is 0.571. The van der Waals surface area contributed by atoms with Crippen molar-refractivity contribution in [2.45, 2.75) is 25.8 Å². The minimum Gasteiger partial charge on any atom is -0.309 e. The van der Waals surface area contributed by atoms with Gasteiger partial charge in [0, 0.05) is 13.1 Å². The van der Waals surface area contributed by atoms with Gasteiger partial charge in [0.15, 0.2) is 0 Å². The number of aryl methyl sites for hydroxylation is 2. The van der Waals surface area contributed by atoms with Crippen molar-refractivity contribution < 1.29 is 0 Å². The van der Waals surface area contributed by atoms with E-state index in [1.54, 1.807) is 0 Å². The molecule has 0 aromatic heterocycles. The Morgan fingerprint density at radius 1 is 1.31 bits per heavy atom. The molecule has 2 heteroatoms. The third-order valence-corrected chi connectivity index (χ3v) is 3.84. The number of likely N-dealkylation sites (N-methyl/N-ethyl adjacent to an activating group) is 2. The Morgan fingerprint density at radius 2 is 2.06 bits per heavy atom. The van der Waals surface area contributed by atoms with Gasteiger partial charge in [-0.2, -0.15) is 0 Å². The van der Waals surface area contributed by atoms with Gasteiger partial charge >= 0.3 is 0 Å². The molecule has 0 aliphatic carbocycles. The topological polar surface area (TPSA) is 15.3 Å². The molecule has 88 valence electrons. The number of likely N-dealkylation sites (tertiary alicyclic amines) is 1. The second kappa shape index (κ2) is 4.19. The highest BCUT2D eigenvalue weighted by atomic mass is 15.2. The Kier molecular flexibility index (Phi) is 3.04. The van der Waals surface area contributed by atoms with Crippen LogP contribution in [0, 0.1) is 13.8 Å². The van der Waals surface area contributed by atoms with E-state index in [0.717, 1.165) is 6.54 Å². The second-order valence-electron chi connectivity index (χ2n) is 5.14. The minimum absolute atomic E-state index is 0.159. The van der Waals surface area contributed by atoms with E-state index in [-0.39, 0.29) is 5.54 Å². The van der Waals surface area contributed by atoms with E-state index in [4.69, 9.17) is 0 Å². The van der Waals surface area contributed by atoms with Crippen molar-refractivity contribution in [2.24, 2.45) is 0 Å². The molecule has 1 N–H and O–H groups in total. The third kappa shape index (κ3) is 1.87. The summed E-state index contributed by atoms with van der Waals surface area (Å²) in [6, 6.07) is 6.80. The molecule has 1 heterocycles. The lowest BCUT2D eigenvalue weighted by Gasteiger charge is -2.31. The van der Waals surface area contributed by atoms with Gasteiger partial charge in [0.05, 0.1) is 5.54 Å². The molecule has 1 unspecified atom stereocenters. The molecule has 0 saturated carbocycles. The quantitative estimate of drug-likeness (QED) is 0.817. The number of hydrogen-bond acceptors (Lipinski definition) is 2. The summed E-state index contributed by atoms with van der Waals surface area (Å²) in [5, 5.41) is 3.54. The summed E-state index contributed by atoms with van der Waals surface area (Å²) in [4.78, 5) is 2.40. The zero-order chi connectivity index (χ0) is 11.8. The van der Waals surface area contributed by atoms with Crippen LogP contribution in [0.15, 0.2) is 18.2 Å². The van der Waals surface area contributed by atoms with Crippen molar-refractivity contribution in [3.8, 4) is 0 Å². The highest BCUT2D eigenvalue weighted by Gasteiger charge is 2.37. The molecule has 1 aromatic rings. The van der Waals surface area contributed by atoms with Gasteiger partial charge in [0.1, 0.15) is 0 Å². The Balaban J connectivity index is 2.41. The van der Waals surface area contributed by atoms with Crippen LogP contribution in [0.25, 0.3) is 0 Å². The molecule has 1 aliphatic heterocycles. The van der Waals surface area contributed by atoms with Crippen molar-refractivity contribution in [1.29, 1.82) is 0 Å². The minimum atomic E-state index is 0.159. The van der Waals surface area contributed by atoms with Gasteiger partial charge in [-0.25, -0.2) is 0 Å². The molecular weight excluding hydrogens is 196 g/mol. The van der Waals surface area contributed by atoms with Crippen LogP contribution in [-0.4, -0.2) is 32.1 Å². The summed E-state index contributed by atoms with van der Waals surface area (Å²) in [5.74, 6) is 0. The molecule has 16 heavy (non-hydrogen) atoms. The number of nitrogens with one attached hydrogen (secondary N) is 1.